The molecule has 0 nitrogen and oxygen atoms in total. The van der Waals surface area contributed by atoms with Crippen molar-refractivity contribution in [3.8, 4) is 11.1 Å². The van der Waals surface area contributed by atoms with E-state index < -0.39 is 0 Å². The highest BCUT2D eigenvalue weighted by molar-refractivity contribution is 5.88. The van der Waals surface area contributed by atoms with Crippen molar-refractivity contribution in [1.29, 1.82) is 0 Å². The van der Waals surface area contributed by atoms with Crippen LogP contribution in [0.1, 0.15) is 18.1 Å². The molecular formula is C21H18. The van der Waals surface area contributed by atoms with Crippen LogP contribution < -0.4 is 0 Å². The van der Waals surface area contributed by atoms with Crippen molar-refractivity contribution in [2.24, 2.45) is 0 Å². The second kappa shape index (κ2) is 6.23. The molecule has 0 aliphatic heterocycles. The first-order valence-corrected chi connectivity index (χ1v) is 7.26. The SMILES string of the molecule is CC=C(c1ccccc1)c1ccccc1-c1ccccc1. The molecule has 0 fully saturated rings. The Balaban J connectivity index is 2.15. The quantitative estimate of drug-likeness (QED) is 0.563. The lowest BCUT2D eigenvalue weighted by molar-refractivity contribution is 1.51. The molecule has 0 heteroatoms. The van der Waals surface area contributed by atoms with Crippen LogP contribution in [0.15, 0.2) is 91.0 Å². The summed E-state index contributed by atoms with van der Waals surface area (Å²) in [4.78, 5) is 0. The summed E-state index contributed by atoms with van der Waals surface area (Å²) in [7, 11) is 0. The van der Waals surface area contributed by atoms with E-state index in [-0.39, 0.29) is 0 Å². The highest BCUT2D eigenvalue weighted by Crippen LogP contribution is 2.32. The van der Waals surface area contributed by atoms with Crippen LogP contribution in [-0.4, -0.2) is 0 Å². The Labute approximate surface area is 126 Å². The average Bonchev–Trinajstić information content (AvgIpc) is 2.58. The smallest absolute Gasteiger partial charge is 0.0103 e. The van der Waals surface area contributed by atoms with Crippen molar-refractivity contribution < 1.29 is 0 Å². The lowest BCUT2D eigenvalue weighted by Crippen LogP contribution is -1.91. The number of hydrogen-bond acceptors (Lipinski definition) is 0. The van der Waals surface area contributed by atoms with Gasteiger partial charge in [-0.25, -0.2) is 0 Å². The molecule has 0 unspecified atom stereocenters. The zero-order valence-corrected chi connectivity index (χ0v) is 12.2. The van der Waals surface area contributed by atoms with E-state index in [4.69, 9.17) is 0 Å². The minimum absolute atomic E-state index is 1.25. The van der Waals surface area contributed by atoms with E-state index in [0.717, 1.165) is 0 Å². The molecule has 0 saturated carbocycles. The Kier molecular flexibility index (Phi) is 3.97. The molecule has 0 bridgehead atoms. The first-order chi connectivity index (χ1) is 10.4. The van der Waals surface area contributed by atoms with Gasteiger partial charge in [0.2, 0.25) is 0 Å². The molecule has 0 heterocycles. The van der Waals surface area contributed by atoms with Gasteiger partial charge in [-0.3, -0.25) is 0 Å². The fraction of sp³-hybridized carbons (Fsp3) is 0.0476. The molecule has 0 atom stereocenters. The van der Waals surface area contributed by atoms with Gasteiger partial charge in [0.25, 0.3) is 0 Å². The molecule has 0 aromatic heterocycles. The summed E-state index contributed by atoms with van der Waals surface area (Å²) in [6, 6.07) is 29.7. The summed E-state index contributed by atoms with van der Waals surface area (Å²) < 4.78 is 0. The van der Waals surface area contributed by atoms with Gasteiger partial charge >= 0.3 is 0 Å². The largest absolute Gasteiger partial charge is 0.0792 e. The van der Waals surface area contributed by atoms with E-state index in [0.29, 0.717) is 0 Å². The van der Waals surface area contributed by atoms with Gasteiger partial charge in [-0.1, -0.05) is 91.0 Å². The molecule has 0 saturated heterocycles. The monoisotopic (exact) mass is 270 g/mol. The highest BCUT2D eigenvalue weighted by Gasteiger charge is 2.09. The first kappa shape index (κ1) is 13.4. The van der Waals surface area contributed by atoms with Crippen LogP contribution in [0.2, 0.25) is 0 Å². The second-order valence-electron chi connectivity index (χ2n) is 4.98. The van der Waals surface area contributed by atoms with Crippen LogP contribution in [-0.2, 0) is 0 Å². The van der Waals surface area contributed by atoms with Crippen LogP contribution in [0.5, 0.6) is 0 Å². The molecule has 3 rings (SSSR count). The Morgan fingerprint density at radius 2 is 1.24 bits per heavy atom. The summed E-state index contributed by atoms with van der Waals surface area (Å²) >= 11 is 0. The summed E-state index contributed by atoms with van der Waals surface area (Å²) in [6.45, 7) is 2.10. The van der Waals surface area contributed by atoms with Crippen LogP contribution in [0.4, 0.5) is 0 Å². The molecule has 102 valence electrons. The Morgan fingerprint density at radius 1 is 0.667 bits per heavy atom. The molecule has 0 radical (unpaired) electrons. The van der Waals surface area contributed by atoms with Crippen LogP contribution in [0.25, 0.3) is 16.7 Å². The number of allylic oxidation sites excluding steroid dienone is 1. The maximum Gasteiger partial charge on any atom is -0.0103 e. The summed E-state index contributed by atoms with van der Waals surface area (Å²) in [5.74, 6) is 0. The molecule has 0 amide bonds. The van der Waals surface area contributed by atoms with Crippen molar-refractivity contribution >= 4 is 5.57 Å². The minimum atomic E-state index is 1.25. The third-order valence-electron chi connectivity index (χ3n) is 3.68. The van der Waals surface area contributed by atoms with Gasteiger partial charge in [0.05, 0.1) is 0 Å². The molecule has 3 aromatic carbocycles. The van der Waals surface area contributed by atoms with Gasteiger partial charge in [0.15, 0.2) is 0 Å². The molecular weight excluding hydrogens is 252 g/mol. The topological polar surface area (TPSA) is 0 Å². The third kappa shape index (κ3) is 2.80. The highest BCUT2D eigenvalue weighted by atomic mass is 14.1. The summed E-state index contributed by atoms with van der Waals surface area (Å²) in [5.41, 5.74) is 6.33. The molecule has 21 heavy (non-hydrogen) atoms. The zero-order valence-electron chi connectivity index (χ0n) is 12.2. The van der Waals surface area contributed by atoms with Gasteiger partial charge < -0.3 is 0 Å². The zero-order chi connectivity index (χ0) is 14.5. The standard InChI is InChI=1S/C21H18/c1-2-19(17-11-5-3-6-12-17)21-16-10-9-15-20(21)18-13-7-4-8-14-18/h2-16H,1H3. The maximum atomic E-state index is 2.20. The van der Waals surface area contributed by atoms with E-state index in [1.807, 2.05) is 0 Å². The predicted octanol–water partition coefficient (Wildman–Crippen LogP) is 5.81. The number of benzene rings is 3. The van der Waals surface area contributed by atoms with Crippen LogP contribution >= 0.6 is 0 Å². The fourth-order valence-electron chi connectivity index (χ4n) is 2.68. The maximum absolute atomic E-state index is 2.20. The second-order valence-corrected chi connectivity index (χ2v) is 4.98. The van der Waals surface area contributed by atoms with Crippen LogP contribution in [0, 0.1) is 0 Å². The van der Waals surface area contributed by atoms with Gasteiger partial charge in [-0.2, -0.15) is 0 Å². The van der Waals surface area contributed by atoms with Crippen molar-refractivity contribution in [2.75, 3.05) is 0 Å². The van der Waals surface area contributed by atoms with Crippen molar-refractivity contribution in [3.05, 3.63) is 102 Å². The predicted molar refractivity (Wildman–Crippen MR) is 91.1 cm³/mol. The number of rotatable bonds is 3. The fourth-order valence-corrected chi connectivity index (χ4v) is 2.68. The minimum Gasteiger partial charge on any atom is -0.0792 e. The molecule has 0 aliphatic rings. The van der Waals surface area contributed by atoms with E-state index in [1.54, 1.807) is 0 Å². The normalized spacial score (nSPS) is 11.4. The van der Waals surface area contributed by atoms with E-state index in [2.05, 4.69) is 97.9 Å². The Hall–Kier alpha value is -2.60. The number of hydrogen-bond donors (Lipinski definition) is 0. The Morgan fingerprint density at radius 3 is 1.90 bits per heavy atom. The van der Waals surface area contributed by atoms with Gasteiger partial charge in [-0.15, -0.1) is 0 Å². The van der Waals surface area contributed by atoms with Crippen LogP contribution in [0.3, 0.4) is 0 Å². The van der Waals surface area contributed by atoms with E-state index >= 15 is 0 Å². The van der Waals surface area contributed by atoms with Crippen molar-refractivity contribution in [3.63, 3.8) is 0 Å². The first-order valence-electron chi connectivity index (χ1n) is 7.26. The van der Waals surface area contributed by atoms with E-state index in [9.17, 15) is 0 Å². The Bertz CT molecular complexity index is 737. The summed E-state index contributed by atoms with van der Waals surface area (Å²) in [5, 5.41) is 0. The third-order valence-corrected chi connectivity index (χ3v) is 3.68. The average molecular weight is 270 g/mol. The van der Waals surface area contributed by atoms with Gasteiger partial charge in [-0.05, 0) is 34.8 Å². The lowest BCUT2D eigenvalue weighted by atomic mass is 9.90. The molecule has 0 aliphatic carbocycles. The lowest BCUT2D eigenvalue weighted by Gasteiger charge is -2.13. The van der Waals surface area contributed by atoms with Gasteiger partial charge in [0, 0.05) is 0 Å². The van der Waals surface area contributed by atoms with Crippen molar-refractivity contribution in [2.45, 2.75) is 6.92 Å². The summed E-state index contributed by atoms with van der Waals surface area (Å²) in [6.07, 6.45) is 2.19. The van der Waals surface area contributed by atoms with E-state index in [1.165, 1.54) is 27.8 Å². The molecule has 3 aromatic rings. The molecule has 0 N–H and O–H groups in total. The van der Waals surface area contributed by atoms with Crippen molar-refractivity contribution in [1.82, 2.24) is 0 Å². The van der Waals surface area contributed by atoms with Gasteiger partial charge in [0.1, 0.15) is 0 Å². The molecule has 0 spiro atoms.